The largest absolute Gasteiger partial charge is 0.394 e. The van der Waals surface area contributed by atoms with Crippen LogP contribution >= 0.6 is 0 Å². The first-order chi connectivity index (χ1) is 35.0. The Morgan fingerprint density at radius 3 is 1.77 bits per heavy atom. The van der Waals surface area contributed by atoms with Crippen molar-refractivity contribution in [2.75, 3.05) is 26.4 Å². The fourth-order valence-corrected chi connectivity index (χ4v) is 17.0. The van der Waals surface area contributed by atoms with Gasteiger partial charge in [-0.05, 0) is 122 Å². The maximum absolute atomic E-state index is 12.4. The first-order valence-electron chi connectivity index (χ1n) is 27.3. The number of hydrogen-bond donors (Lipinski definition) is 15. The molecule has 0 aromatic rings. The molecule has 0 bridgehead atoms. The summed E-state index contributed by atoms with van der Waals surface area (Å²) >= 11 is 0. The fraction of sp³-hybridized carbons (Fsp3) is 1.00. The highest BCUT2D eigenvalue weighted by molar-refractivity contribution is 5.33. The van der Waals surface area contributed by atoms with Crippen molar-refractivity contribution in [2.45, 2.75) is 247 Å². The highest BCUT2D eigenvalue weighted by Gasteiger charge is 2.85. The van der Waals surface area contributed by atoms with Crippen molar-refractivity contribution in [1.82, 2.24) is 0 Å². The van der Waals surface area contributed by atoms with Crippen LogP contribution in [-0.4, -0.2) is 244 Å². The van der Waals surface area contributed by atoms with Gasteiger partial charge in [-0.2, -0.15) is 0 Å². The van der Waals surface area contributed by atoms with Crippen molar-refractivity contribution in [2.24, 2.45) is 50.7 Å². The summed E-state index contributed by atoms with van der Waals surface area (Å²) in [6, 6.07) is 0. The van der Waals surface area contributed by atoms with E-state index >= 15 is 0 Å². The highest BCUT2D eigenvalue weighted by Crippen LogP contribution is 2.89. The van der Waals surface area contributed by atoms with Crippen LogP contribution in [0.25, 0.3) is 0 Å². The zero-order chi connectivity index (χ0) is 54.9. The lowest BCUT2D eigenvalue weighted by Gasteiger charge is -2.65. The van der Waals surface area contributed by atoms with Gasteiger partial charge in [-0.1, -0.05) is 34.6 Å². The molecule has 5 saturated carbocycles. The van der Waals surface area contributed by atoms with Crippen molar-refractivity contribution in [1.29, 1.82) is 0 Å². The topological polar surface area (TPSA) is 377 Å². The Morgan fingerprint density at radius 2 is 1.16 bits per heavy atom. The molecule has 4 saturated heterocycles. The summed E-state index contributed by atoms with van der Waals surface area (Å²) in [6.45, 7) is 11.9. The molecule has 23 heteroatoms. The van der Waals surface area contributed by atoms with Gasteiger partial charge in [-0.15, -0.1) is 0 Å². The minimum Gasteiger partial charge on any atom is -0.394 e. The molecule has 0 aromatic carbocycles. The van der Waals surface area contributed by atoms with Gasteiger partial charge in [-0.3, -0.25) is 0 Å². The molecular formula is C52H88O23. The molecular weight excluding hydrogens is 993 g/mol. The van der Waals surface area contributed by atoms with Gasteiger partial charge in [-0.25, -0.2) is 0 Å². The third kappa shape index (κ3) is 9.60. The molecule has 434 valence electrons. The van der Waals surface area contributed by atoms with Crippen LogP contribution in [0.2, 0.25) is 0 Å². The minimum absolute atomic E-state index is 0.0412. The summed E-state index contributed by atoms with van der Waals surface area (Å²) in [5.41, 5.74) is -3.76. The van der Waals surface area contributed by atoms with Crippen LogP contribution < -0.4 is 0 Å². The van der Waals surface area contributed by atoms with E-state index in [9.17, 15) is 76.6 Å². The highest BCUT2D eigenvalue weighted by atomic mass is 16.8. The van der Waals surface area contributed by atoms with Crippen molar-refractivity contribution in [3.8, 4) is 0 Å². The quantitative estimate of drug-likeness (QED) is 0.0720. The molecule has 30 atom stereocenters. The zero-order valence-electron chi connectivity index (χ0n) is 44.2. The van der Waals surface area contributed by atoms with E-state index in [1.807, 2.05) is 0 Å². The Bertz CT molecular complexity index is 1960. The predicted molar refractivity (Wildman–Crippen MR) is 255 cm³/mol. The number of aliphatic hydroxyl groups excluding tert-OH is 14. The molecule has 4 aliphatic heterocycles. The van der Waals surface area contributed by atoms with E-state index in [1.54, 1.807) is 13.8 Å². The van der Waals surface area contributed by atoms with Crippen LogP contribution in [0, 0.1) is 50.7 Å². The maximum Gasteiger partial charge on any atom is 0.187 e. The number of ether oxygens (including phenoxy) is 8. The molecule has 4 heterocycles. The zero-order valence-corrected chi connectivity index (χ0v) is 44.2. The lowest BCUT2D eigenvalue weighted by atomic mass is 9.41. The number of hydrogen-bond acceptors (Lipinski definition) is 23. The molecule has 9 fully saturated rings. The average Bonchev–Trinajstić information content (AvgIpc) is 4.10. The maximum atomic E-state index is 12.4. The lowest BCUT2D eigenvalue weighted by Crippen LogP contribution is -2.65. The van der Waals surface area contributed by atoms with Gasteiger partial charge < -0.3 is 114 Å². The van der Waals surface area contributed by atoms with Crippen molar-refractivity contribution < 1.29 is 114 Å². The Balaban J connectivity index is 0.987. The molecule has 0 radical (unpaired) electrons. The number of rotatable bonds is 15. The lowest BCUT2D eigenvalue weighted by molar-refractivity contribution is -0.360. The monoisotopic (exact) mass is 1080 g/mol. The van der Waals surface area contributed by atoms with E-state index in [4.69, 9.17) is 37.9 Å². The molecule has 5 aliphatic carbocycles. The van der Waals surface area contributed by atoms with Crippen LogP contribution in [0.1, 0.15) is 106 Å². The Kier molecular flexibility index (Phi) is 16.5. The SMILES string of the molecule is C[C@H](CC[C@H](O[C@@H]1O[C@H](CO)[C@@H](O)[C@H](O)[C@H]1O)C(C)(C)O)[C@H]1[C@@H](O)C[C@@]2(C)[C@@H]3C[C@H](O[C@@H]4O[C@H](CO)[C@@H](O)[C@H](O)[C@H]4O)[C@@H]4C(C)(C)[C@@H](O[C@@H]5OC[C@@H](O)[C@H](O)[C@H]5O[C@@H]5OC[C@H](O)[C@H](O)[C@H]5O)CC[C@@]45C[C@@]35CC[C@]12C. The third-order valence-corrected chi connectivity index (χ3v) is 21.1. The van der Waals surface area contributed by atoms with Crippen LogP contribution in [0.15, 0.2) is 0 Å². The molecule has 2 spiro atoms. The first kappa shape index (κ1) is 58.7. The Morgan fingerprint density at radius 1 is 0.587 bits per heavy atom. The molecule has 0 aromatic heterocycles. The van der Waals surface area contributed by atoms with Gasteiger partial charge in [0.25, 0.3) is 0 Å². The van der Waals surface area contributed by atoms with Crippen molar-refractivity contribution in [3.05, 3.63) is 0 Å². The van der Waals surface area contributed by atoms with E-state index in [0.717, 1.165) is 19.3 Å². The minimum atomic E-state index is -1.70. The summed E-state index contributed by atoms with van der Waals surface area (Å²) in [4.78, 5) is 0. The van der Waals surface area contributed by atoms with Crippen LogP contribution in [0.4, 0.5) is 0 Å². The van der Waals surface area contributed by atoms with Gasteiger partial charge in [0.2, 0.25) is 0 Å². The van der Waals surface area contributed by atoms with Gasteiger partial charge in [0.15, 0.2) is 25.2 Å². The third-order valence-electron chi connectivity index (χ3n) is 21.1. The number of fused-ring (bicyclic) bond motifs is 2. The molecule has 0 amide bonds. The smallest absolute Gasteiger partial charge is 0.187 e. The van der Waals surface area contributed by atoms with Crippen LogP contribution in [0.3, 0.4) is 0 Å². The summed E-state index contributed by atoms with van der Waals surface area (Å²) in [7, 11) is 0. The normalized spacial score (nSPS) is 54.5. The molecule has 9 rings (SSSR count). The van der Waals surface area contributed by atoms with Gasteiger partial charge in [0.1, 0.15) is 85.5 Å². The van der Waals surface area contributed by atoms with E-state index in [-0.39, 0.29) is 54.1 Å². The van der Waals surface area contributed by atoms with Gasteiger partial charge in [0.05, 0.1) is 56.4 Å². The Hall–Kier alpha value is -0.920. The average molecular weight is 1080 g/mol. The second kappa shape index (κ2) is 21.1. The summed E-state index contributed by atoms with van der Waals surface area (Å²) in [6.07, 6.45) is -24.9. The van der Waals surface area contributed by atoms with E-state index in [0.29, 0.717) is 32.1 Å². The van der Waals surface area contributed by atoms with Crippen LogP contribution in [-0.2, 0) is 37.9 Å². The molecule has 0 unspecified atom stereocenters. The second-order valence-corrected chi connectivity index (χ2v) is 25.9. The van der Waals surface area contributed by atoms with E-state index in [2.05, 4.69) is 34.6 Å². The second-order valence-electron chi connectivity index (χ2n) is 25.9. The van der Waals surface area contributed by atoms with Gasteiger partial charge in [0, 0.05) is 0 Å². The van der Waals surface area contributed by atoms with Crippen LogP contribution in [0.5, 0.6) is 0 Å². The van der Waals surface area contributed by atoms with E-state index in [1.165, 1.54) is 0 Å². The first-order valence-corrected chi connectivity index (χ1v) is 27.3. The fourth-order valence-electron chi connectivity index (χ4n) is 17.0. The van der Waals surface area contributed by atoms with Gasteiger partial charge >= 0.3 is 0 Å². The molecule has 23 nitrogen and oxygen atoms in total. The predicted octanol–water partition coefficient (Wildman–Crippen LogP) is -3.15. The summed E-state index contributed by atoms with van der Waals surface area (Å²) < 4.78 is 49.2. The van der Waals surface area contributed by atoms with Crippen molar-refractivity contribution in [3.63, 3.8) is 0 Å². The van der Waals surface area contributed by atoms with Crippen molar-refractivity contribution >= 4 is 0 Å². The summed E-state index contributed by atoms with van der Waals surface area (Å²) in [5.74, 6) is -0.705. The number of aliphatic hydroxyl groups is 15. The molecule has 15 N–H and O–H groups in total. The summed E-state index contributed by atoms with van der Waals surface area (Å²) in [5, 5.41) is 162. The Labute approximate surface area is 437 Å². The van der Waals surface area contributed by atoms with E-state index < -0.39 is 170 Å². The molecule has 9 aliphatic rings. The standard InChI is InChI=1S/C52H88O23/c1-21(8-9-30(48(4,5)67)74-45-40(66)37(63)35(61)27(17-54)72-45)31-22(55)15-50(7)28-14-25(70-44-39(65)36(62)34(60)26(16-53)71-44)42-47(2,3)29(10-11-52(42)20-51(28,52)13-12-49(31,50)6)73-46-41(33(59)24(57)19-69-46)75-43-38(64)32(58)23(56)18-68-43/h21-46,53-67H,8-20H2,1-7H3/t21-,22+,23+,24-,25+,26-,27-,28+,29+,30+,31+,32+,33+,34-,35-,36+,37+,38-,39-,40-,41-,42-,43+,44-,45+,46+,49-,50+,51+,52-/m1/s1. The molecule has 75 heavy (non-hydrogen) atoms.